The molecule has 9 heteroatoms. The first-order valence-corrected chi connectivity index (χ1v) is 13.7. The Bertz CT molecular complexity index is 1710. The summed E-state index contributed by atoms with van der Waals surface area (Å²) in [5.74, 6) is -0.856. The van der Waals surface area contributed by atoms with Gasteiger partial charge in [-0.15, -0.1) is 0 Å². The van der Waals surface area contributed by atoms with Crippen LogP contribution in [0.1, 0.15) is 38.8 Å². The molecule has 0 spiro atoms. The van der Waals surface area contributed by atoms with Crippen LogP contribution < -0.4 is 9.62 Å². The highest BCUT2D eigenvalue weighted by Crippen LogP contribution is 2.36. The van der Waals surface area contributed by atoms with E-state index in [1.165, 1.54) is 23.1 Å². The number of anilines is 1. The summed E-state index contributed by atoms with van der Waals surface area (Å²) in [4.78, 5) is 14.9. The summed E-state index contributed by atoms with van der Waals surface area (Å²) in [6.07, 6.45) is 2.31. The SMILES string of the molecule is CC(C)(C)NS(=O)(=O)c1ccccc1-c1ccc(N2CCC(n3ccc4ccc(C#N)cc43)C2=O)c(F)c1. The standard InChI is InChI=1S/C29H27FN4O3S/c1-29(2,3)32-38(36,37)27-7-5-4-6-22(27)21-10-11-24(23(30)17-21)34-15-13-25(28(34)35)33-14-12-20-9-8-19(18-31)16-26(20)33/h4-12,14,16-17,25,32H,13,15H2,1-3H3. The quantitative estimate of drug-likeness (QED) is 0.375. The molecule has 0 radical (unpaired) electrons. The molecule has 1 fully saturated rings. The van der Waals surface area contributed by atoms with Gasteiger partial charge in [-0.25, -0.2) is 17.5 Å². The lowest BCUT2D eigenvalue weighted by atomic mass is 10.0. The number of benzene rings is 3. The first kappa shape index (κ1) is 25.6. The molecule has 3 aromatic carbocycles. The monoisotopic (exact) mass is 530 g/mol. The Labute approximate surface area is 221 Å². The number of sulfonamides is 1. The first-order valence-electron chi connectivity index (χ1n) is 12.2. The fraction of sp³-hybridized carbons (Fsp3) is 0.241. The first-order chi connectivity index (χ1) is 18.0. The second kappa shape index (κ2) is 9.39. The van der Waals surface area contributed by atoms with Gasteiger partial charge in [-0.2, -0.15) is 5.26 Å². The number of nitriles is 1. The van der Waals surface area contributed by atoms with E-state index in [1.54, 1.807) is 57.2 Å². The zero-order valence-electron chi connectivity index (χ0n) is 21.3. The minimum absolute atomic E-state index is 0.0515. The summed E-state index contributed by atoms with van der Waals surface area (Å²) in [6.45, 7) is 5.58. The highest BCUT2D eigenvalue weighted by Gasteiger charge is 2.35. The van der Waals surface area contributed by atoms with E-state index in [4.69, 9.17) is 0 Å². The zero-order chi connectivity index (χ0) is 27.2. The van der Waals surface area contributed by atoms with Crippen LogP contribution in [0.25, 0.3) is 22.0 Å². The predicted octanol–water partition coefficient (Wildman–Crippen LogP) is 5.37. The summed E-state index contributed by atoms with van der Waals surface area (Å²) in [5, 5.41) is 10.2. The van der Waals surface area contributed by atoms with Crippen molar-refractivity contribution in [3.63, 3.8) is 0 Å². The Balaban J connectivity index is 1.46. The largest absolute Gasteiger partial charge is 0.335 e. The molecule has 1 atom stereocenters. The van der Waals surface area contributed by atoms with Crippen molar-refractivity contribution in [2.24, 2.45) is 0 Å². The minimum atomic E-state index is -3.86. The van der Waals surface area contributed by atoms with Crippen molar-refractivity contribution in [2.75, 3.05) is 11.4 Å². The van der Waals surface area contributed by atoms with E-state index >= 15 is 4.39 Å². The lowest BCUT2D eigenvalue weighted by molar-refractivity contribution is -0.119. The van der Waals surface area contributed by atoms with Gasteiger partial charge in [0, 0.05) is 23.8 Å². The third-order valence-electron chi connectivity index (χ3n) is 6.53. The summed E-state index contributed by atoms with van der Waals surface area (Å²) in [5.41, 5.74) is 1.50. The molecular formula is C29H27FN4O3S. The van der Waals surface area contributed by atoms with Gasteiger partial charge in [0.15, 0.2) is 0 Å². The van der Waals surface area contributed by atoms with Crippen molar-refractivity contribution in [1.29, 1.82) is 5.26 Å². The average molecular weight is 531 g/mol. The second-order valence-corrected chi connectivity index (χ2v) is 12.1. The van der Waals surface area contributed by atoms with E-state index in [0.29, 0.717) is 29.7 Å². The molecule has 38 heavy (non-hydrogen) atoms. The molecule has 1 unspecified atom stereocenters. The molecular weight excluding hydrogens is 503 g/mol. The smallest absolute Gasteiger partial charge is 0.250 e. The predicted molar refractivity (Wildman–Crippen MR) is 145 cm³/mol. The summed E-state index contributed by atoms with van der Waals surface area (Å²) in [7, 11) is -3.86. The Morgan fingerprint density at radius 3 is 2.53 bits per heavy atom. The second-order valence-electron chi connectivity index (χ2n) is 10.4. The van der Waals surface area contributed by atoms with Crippen molar-refractivity contribution in [3.05, 3.63) is 84.3 Å². The number of rotatable bonds is 5. The molecule has 1 saturated heterocycles. The fourth-order valence-corrected chi connectivity index (χ4v) is 6.59. The van der Waals surface area contributed by atoms with Gasteiger partial charge in [0.25, 0.3) is 0 Å². The Kier molecular flexibility index (Phi) is 6.33. The maximum Gasteiger partial charge on any atom is 0.250 e. The summed E-state index contributed by atoms with van der Waals surface area (Å²) in [6, 6.07) is 19.7. The molecule has 0 saturated carbocycles. The van der Waals surface area contributed by atoms with Crippen LogP contribution in [0.3, 0.4) is 0 Å². The van der Waals surface area contributed by atoms with Gasteiger partial charge in [0.05, 0.1) is 27.7 Å². The number of amides is 1. The van der Waals surface area contributed by atoms with Gasteiger partial charge in [-0.05, 0) is 74.5 Å². The number of nitrogens with one attached hydrogen (secondary N) is 1. The van der Waals surface area contributed by atoms with E-state index in [1.807, 2.05) is 22.9 Å². The molecule has 0 aliphatic carbocycles. The lowest BCUT2D eigenvalue weighted by Gasteiger charge is -2.22. The molecule has 4 aromatic rings. The number of carbonyl (C=O) groups excluding carboxylic acids is 1. The van der Waals surface area contributed by atoms with Crippen molar-refractivity contribution in [3.8, 4) is 17.2 Å². The van der Waals surface area contributed by atoms with Crippen LogP contribution in [0.2, 0.25) is 0 Å². The average Bonchev–Trinajstić information content (AvgIpc) is 3.45. The number of nitrogens with zero attached hydrogens (tertiary/aromatic N) is 3. The topological polar surface area (TPSA) is 95.2 Å². The molecule has 5 rings (SSSR count). The van der Waals surface area contributed by atoms with Crippen molar-refractivity contribution >= 4 is 32.5 Å². The van der Waals surface area contributed by atoms with Gasteiger partial charge in [-0.1, -0.05) is 30.3 Å². The zero-order valence-corrected chi connectivity index (χ0v) is 22.1. The fourth-order valence-electron chi connectivity index (χ4n) is 4.94. The van der Waals surface area contributed by atoms with Crippen LogP contribution in [0, 0.1) is 17.1 Å². The number of carbonyl (C=O) groups is 1. The summed E-state index contributed by atoms with van der Waals surface area (Å²) < 4.78 is 46.1. The molecule has 194 valence electrons. The Morgan fingerprint density at radius 2 is 1.82 bits per heavy atom. The van der Waals surface area contributed by atoms with E-state index in [9.17, 15) is 18.5 Å². The molecule has 1 aliphatic heterocycles. The molecule has 1 N–H and O–H groups in total. The van der Waals surface area contributed by atoms with Crippen LogP contribution >= 0.6 is 0 Å². The summed E-state index contributed by atoms with van der Waals surface area (Å²) >= 11 is 0. The van der Waals surface area contributed by atoms with E-state index in [0.717, 1.165) is 10.9 Å². The van der Waals surface area contributed by atoms with E-state index < -0.39 is 27.4 Å². The third-order valence-corrected chi connectivity index (χ3v) is 8.35. The number of hydrogen-bond acceptors (Lipinski definition) is 4. The van der Waals surface area contributed by atoms with E-state index in [-0.39, 0.29) is 16.5 Å². The molecule has 1 aliphatic rings. The van der Waals surface area contributed by atoms with Crippen LogP contribution in [-0.2, 0) is 14.8 Å². The highest BCUT2D eigenvalue weighted by molar-refractivity contribution is 7.89. The van der Waals surface area contributed by atoms with Crippen LogP contribution in [-0.4, -0.2) is 31.0 Å². The maximum absolute atomic E-state index is 15.5. The number of hydrogen-bond donors (Lipinski definition) is 1. The van der Waals surface area contributed by atoms with Crippen LogP contribution in [0.15, 0.2) is 77.8 Å². The minimum Gasteiger partial charge on any atom is -0.335 e. The molecule has 0 bridgehead atoms. The van der Waals surface area contributed by atoms with Crippen LogP contribution in [0.4, 0.5) is 10.1 Å². The Hall–Kier alpha value is -4.00. The molecule has 7 nitrogen and oxygen atoms in total. The number of aromatic nitrogens is 1. The van der Waals surface area contributed by atoms with Gasteiger partial charge in [-0.3, -0.25) is 4.79 Å². The number of fused-ring (bicyclic) bond motifs is 1. The molecule has 1 aromatic heterocycles. The van der Waals surface area contributed by atoms with Crippen molar-refractivity contribution in [2.45, 2.75) is 43.7 Å². The normalized spacial score (nSPS) is 16.2. The van der Waals surface area contributed by atoms with Crippen molar-refractivity contribution in [1.82, 2.24) is 9.29 Å². The van der Waals surface area contributed by atoms with Gasteiger partial charge < -0.3 is 9.47 Å². The van der Waals surface area contributed by atoms with Crippen molar-refractivity contribution < 1.29 is 17.6 Å². The van der Waals surface area contributed by atoms with Crippen LogP contribution in [0.5, 0.6) is 0 Å². The van der Waals surface area contributed by atoms with Gasteiger partial charge in [0.1, 0.15) is 11.9 Å². The lowest BCUT2D eigenvalue weighted by Crippen LogP contribution is -2.40. The maximum atomic E-state index is 15.5. The van der Waals surface area contributed by atoms with Gasteiger partial charge in [0.2, 0.25) is 15.9 Å². The van der Waals surface area contributed by atoms with E-state index in [2.05, 4.69) is 10.8 Å². The third kappa shape index (κ3) is 4.69. The number of halogens is 1. The highest BCUT2D eigenvalue weighted by atomic mass is 32.2. The molecule has 2 heterocycles. The Morgan fingerprint density at radius 1 is 1.05 bits per heavy atom. The van der Waals surface area contributed by atoms with Gasteiger partial charge >= 0.3 is 0 Å². The molecule has 1 amide bonds.